The molecule has 0 unspecified atom stereocenters. The molecule has 1 aromatic rings. The molecule has 1 aliphatic heterocycles. The fourth-order valence-electron chi connectivity index (χ4n) is 2.35. The van der Waals surface area contributed by atoms with Crippen LogP contribution >= 0.6 is 11.8 Å². The van der Waals surface area contributed by atoms with Gasteiger partial charge in [-0.15, -0.1) is 11.8 Å². The Labute approximate surface area is 127 Å². The number of carboxylic acid groups (broad SMARTS) is 1. The van der Waals surface area contributed by atoms with Crippen molar-refractivity contribution in [3.05, 3.63) is 30.1 Å². The predicted molar refractivity (Wildman–Crippen MR) is 78.7 cm³/mol. The summed E-state index contributed by atoms with van der Waals surface area (Å²) >= 11 is 1.50. The fraction of sp³-hybridized carbons (Fsp3) is 0.467. The standard InChI is InChI=1S/C15H18FNO3S/c16-12-3-5-13(6-4-12)21-9-7-14(18)17-8-1-2-11(10-17)15(19)20/h3-6,11H,1-2,7-10H2,(H,19,20)/t11-/m0/s1. The summed E-state index contributed by atoms with van der Waals surface area (Å²) in [5, 5.41) is 9.01. The zero-order valence-corrected chi connectivity index (χ0v) is 12.4. The van der Waals surface area contributed by atoms with Gasteiger partial charge in [0.15, 0.2) is 0 Å². The number of aliphatic carboxylic acids is 1. The normalized spacial score (nSPS) is 18.5. The molecule has 1 aromatic carbocycles. The van der Waals surface area contributed by atoms with Crippen LogP contribution in [0.5, 0.6) is 0 Å². The van der Waals surface area contributed by atoms with E-state index in [0.717, 1.165) is 11.3 Å². The van der Waals surface area contributed by atoms with Crippen LogP contribution in [0, 0.1) is 11.7 Å². The van der Waals surface area contributed by atoms with Gasteiger partial charge in [0.1, 0.15) is 5.82 Å². The maximum atomic E-state index is 12.8. The molecule has 1 N–H and O–H groups in total. The summed E-state index contributed by atoms with van der Waals surface area (Å²) in [6.07, 6.45) is 1.76. The average molecular weight is 311 g/mol. The minimum absolute atomic E-state index is 0.00411. The number of nitrogens with zero attached hydrogens (tertiary/aromatic N) is 1. The van der Waals surface area contributed by atoms with Crippen LogP contribution in [0.3, 0.4) is 0 Å². The number of benzene rings is 1. The lowest BCUT2D eigenvalue weighted by atomic mass is 9.98. The van der Waals surface area contributed by atoms with Gasteiger partial charge in [-0.2, -0.15) is 0 Å². The fourth-order valence-corrected chi connectivity index (χ4v) is 3.19. The van der Waals surface area contributed by atoms with Crippen molar-refractivity contribution in [2.75, 3.05) is 18.8 Å². The minimum atomic E-state index is -0.826. The molecule has 1 saturated heterocycles. The molecule has 0 radical (unpaired) electrons. The van der Waals surface area contributed by atoms with Crippen LogP contribution in [0.1, 0.15) is 19.3 Å². The van der Waals surface area contributed by atoms with Gasteiger partial charge in [-0.05, 0) is 37.1 Å². The van der Waals surface area contributed by atoms with Crippen molar-refractivity contribution in [2.24, 2.45) is 5.92 Å². The summed E-state index contributed by atoms with van der Waals surface area (Å²) in [6.45, 7) is 0.958. The van der Waals surface area contributed by atoms with Crippen LogP contribution in [0.15, 0.2) is 29.2 Å². The number of halogens is 1. The molecule has 114 valence electrons. The van der Waals surface area contributed by atoms with E-state index in [-0.39, 0.29) is 11.7 Å². The molecule has 2 rings (SSSR count). The van der Waals surface area contributed by atoms with Gasteiger partial charge in [0, 0.05) is 30.2 Å². The van der Waals surface area contributed by atoms with Crippen LogP contribution in [0.25, 0.3) is 0 Å². The Balaban J connectivity index is 1.76. The number of hydrogen-bond donors (Lipinski definition) is 1. The average Bonchev–Trinajstić information content (AvgIpc) is 2.49. The van der Waals surface area contributed by atoms with E-state index in [4.69, 9.17) is 5.11 Å². The van der Waals surface area contributed by atoms with Crippen LogP contribution in [-0.4, -0.2) is 40.7 Å². The molecule has 0 bridgehead atoms. The first kappa shape index (κ1) is 15.8. The summed E-state index contributed by atoms with van der Waals surface area (Å²) in [5.74, 6) is -0.932. The highest BCUT2D eigenvalue weighted by Gasteiger charge is 2.27. The Bertz CT molecular complexity index is 506. The first-order valence-electron chi connectivity index (χ1n) is 6.95. The van der Waals surface area contributed by atoms with Crippen molar-refractivity contribution in [3.8, 4) is 0 Å². The number of thioether (sulfide) groups is 1. The highest BCUT2D eigenvalue weighted by Crippen LogP contribution is 2.21. The van der Waals surface area contributed by atoms with E-state index >= 15 is 0 Å². The van der Waals surface area contributed by atoms with E-state index in [1.54, 1.807) is 17.0 Å². The van der Waals surface area contributed by atoms with Crippen LogP contribution in [0.2, 0.25) is 0 Å². The third kappa shape index (κ3) is 4.74. The van der Waals surface area contributed by atoms with Crippen LogP contribution in [-0.2, 0) is 9.59 Å². The van der Waals surface area contributed by atoms with Crippen molar-refractivity contribution in [1.29, 1.82) is 0 Å². The summed E-state index contributed by atoms with van der Waals surface area (Å²) in [4.78, 5) is 25.6. The highest BCUT2D eigenvalue weighted by atomic mass is 32.2. The quantitative estimate of drug-likeness (QED) is 0.849. The molecule has 1 aliphatic rings. The number of rotatable bonds is 5. The van der Waals surface area contributed by atoms with E-state index in [2.05, 4.69) is 0 Å². The molecule has 1 heterocycles. The number of piperidine rings is 1. The molecule has 1 fully saturated rings. The van der Waals surface area contributed by atoms with E-state index in [0.29, 0.717) is 31.7 Å². The van der Waals surface area contributed by atoms with E-state index in [1.165, 1.54) is 23.9 Å². The Morgan fingerprint density at radius 3 is 2.71 bits per heavy atom. The van der Waals surface area contributed by atoms with Gasteiger partial charge in [0.2, 0.25) is 5.91 Å². The van der Waals surface area contributed by atoms with Crippen molar-refractivity contribution in [3.63, 3.8) is 0 Å². The predicted octanol–water partition coefficient (Wildman–Crippen LogP) is 2.63. The molecular weight excluding hydrogens is 293 g/mol. The van der Waals surface area contributed by atoms with Gasteiger partial charge in [0.05, 0.1) is 5.92 Å². The van der Waals surface area contributed by atoms with Gasteiger partial charge >= 0.3 is 5.97 Å². The van der Waals surface area contributed by atoms with Gasteiger partial charge < -0.3 is 10.0 Å². The summed E-state index contributed by atoms with van der Waals surface area (Å²) in [6, 6.07) is 6.16. The molecule has 6 heteroatoms. The van der Waals surface area contributed by atoms with Crippen LogP contribution < -0.4 is 0 Å². The second-order valence-corrected chi connectivity index (χ2v) is 6.24. The smallest absolute Gasteiger partial charge is 0.308 e. The molecule has 0 aromatic heterocycles. The Morgan fingerprint density at radius 1 is 1.33 bits per heavy atom. The maximum Gasteiger partial charge on any atom is 0.308 e. The SMILES string of the molecule is O=C(O)[C@H]1CCCN(C(=O)CCSc2ccc(F)cc2)C1. The van der Waals surface area contributed by atoms with Gasteiger partial charge in [-0.3, -0.25) is 9.59 Å². The Morgan fingerprint density at radius 2 is 2.05 bits per heavy atom. The summed E-state index contributed by atoms with van der Waals surface area (Å²) in [7, 11) is 0. The number of hydrogen-bond acceptors (Lipinski definition) is 3. The largest absolute Gasteiger partial charge is 0.481 e. The first-order chi connectivity index (χ1) is 10.1. The summed E-state index contributed by atoms with van der Waals surface area (Å²) in [5.41, 5.74) is 0. The van der Waals surface area contributed by atoms with Crippen LogP contribution in [0.4, 0.5) is 4.39 Å². The van der Waals surface area contributed by atoms with Gasteiger partial charge in [0.25, 0.3) is 0 Å². The number of carbonyl (C=O) groups excluding carboxylic acids is 1. The lowest BCUT2D eigenvalue weighted by molar-refractivity contribution is -0.145. The molecule has 1 atom stereocenters. The van der Waals surface area contributed by atoms with E-state index in [9.17, 15) is 14.0 Å². The second kappa shape index (κ2) is 7.45. The van der Waals surface area contributed by atoms with E-state index < -0.39 is 11.9 Å². The van der Waals surface area contributed by atoms with Crippen molar-refractivity contribution >= 4 is 23.6 Å². The Kier molecular flexibility index (Phi) is 5.61. The van der Waals surface area contributed by atoms with E-state index in [1.807, 2.05) is 0 Å². The zero-order chi connectivity index (χ0) is 15.2. The number of carbonyl (C=O) groups is 2. The minimum Gasteiger partial charge on any atom is -0.481 e. The molecule has 0 saturated carbocycles. The highest BCUT2D eigenvalue weighted by molar-refractivity contribution is 7.99. The third-order valence-electron chi connectivity index (χ3n) is 3.52. The van der Waals surface area contributed by atoms with Gasteiger partial charge in [-0.1, -0.05) is 0 Å². The molecule has 21 heavy (non-hydrogen) atoms. The van der Waals surface area contributed by atoms with Crippen molar-refractivity contribution < 1.29 is 19.1 Å². The molecule has 0 spiro atoms. The summed E-state index contributed by atoms with van der Waals surface area (Å²) < 4.78 is 12.8. The lowest BCUT2D eigenvalue weighted by Crippen LogP contribution is -2.42. The number of amides is 1. The first-order valence-corrected chi connectivity index (χ1v) is 7.94. The van der Waals surface area contributed by atoms with Crippen molar-refractivity contribution in [1.82, 2.24) is 4.90 Å². The maximum absolute atomic E-state index is 12.8. The third-order valence-corrected chi connectivity index (χ3v) is 4.54. The topological polar surface area (TPSA) is 57.6 Å². The lowest BCUT2D eigenvalue weighted by Gasteiger charge is -2.30. The van der Waals surface area contributed by atoms with Crippen molar-refractivity contribution in [2.45, 2.75) is 24.2 Å². The monoisotopic (exact) mass is 311 g/mol. The molecule has 4 nitrogen and oxygen atoms in total. The zero-order valence-electron chi connectivity index (χ0n) is 11.6. The van der Waals surface area contributed by atoms with Gasteiger partial charge in [-0.25, -0.2) is 4.39 Å². The number of likely N-dealkylation sites (tertiary alicyclic amines) is 1. The second-order valence-electron chi connectivity index (χ2n) is 5.07. The Hall–Kier alpha value is -1.56. The number of carboxylic acids is 1. The molecule has 0 aliphatic carbocycles. The molecule has 1 amide bonds. The molecular formula is C15H18FNO3S.